The third-order valence-electron chi connectivity index (χ3n) is 3.33. The van der Waals surface area contributed by atoms with Crippen molar-refractivity contribution in [1.82, 2.24) is 10.3 Å². The molecule has 0 radical (unpaired) electrons. The van der Waals surface area contributed by atoms with Gasteiger partial charge < -0.3 is 5.32 Å². The number of rotatable bonds is 5. The number of hydrogen-bond acceptors (Lipinski definition) is 2. The van der Waals surface area contributed by atoms with Crippen LogP contribution in [0.3, 0.4) is 0 Å². The second-order valence-electron chi connectivity index (χ2n) is 4.77. The predicted molar refractivity (Wildman–Crippen MR) is 75.2 cm³/mol. The van der Waals surface area contributed by atoms with Gasteiger partial charge in [-0.3, -0.25) is 4.98 Å². The number of nitrogens with zero attached hydrogens (tertiary/aromatic N) is 1. The van der Waals surface area contributed by atoms with Gasteiger partial charge in [-0.25, -0.2) is 8.78 Å². The van der Waals surface area contributed by atoms with E-state index in [9.17, 15) is 8.78 Å². The summed E-state index contributed by atoms with van der Waals surface area (Å²) in [6, 6.07) is 7.38. The van der Waals surface area contributed by atoms with Crippen LogP contribution >= 0.6 is 0 Å². The maximum absolute atomic E-state index is 13.2. The molecule has 1 aromatic carbocycles. The molecule has 0 spiro atoms. The summed E-state index contributed by atoms with van der Waals surface area (Å²) in [7, 11) is 0. The monoisotopic (exact) mass is 276 g/mol. The van der Waals surface area contributed by atoms with Gasteiger partial charge in [0.05, 0.1) is 5.69 Å². The number of pyridine rings is 1. The van der Waals surface area contributed by atoms with Crippen molar-refractivity contribution in [1.29, 1.82) is 0 Å². The van der Waals surface area contributed by atoms with Gasteiger partial charge in [0, 0.05) is 24.8 Å². The van der Waals surface area contributed by atoms with Crippen LogP contribution < -0.4 is 5.32 Å². The minimum atomic E-state index is -0.555. The average molecular weight is 276 g/mol. The molecule has 1 atom stereocenters. The van der Waals surface area contributed by atoms with Crippen molar-refractivity contribution in [2.24, 2.45) is 0 Å². The van der Waals surface area contributed by atoms with Gasteiger partial charge in [0.15, 0.2) is 0 Å². The van der Waals surface area contributed by atoms with E-state index in [1.807, 2.05) is 19.1 Å². The Morgan fingerprint density at radius 2 is 1.90 bits per heavy atom. The molecule has 0 fully saturated rings. The molecule has 1 heterocycles. The SMILES string of the molecule is CCc1cccnc1CNC(C)c1cc(F)cc(F)c1. The summed E-state index contributed by atoms with van der Waals surface area (Å²) in [4.78, 5) is 4.34. The lowest BCUT2D eigenvalue weighted by Gasteiger charge is -2.15. The van der Waals surface area contributed by atoms with Gasteiger partial charge in [-0.1, -0.05) is 13.0 Å². The smallest absolute Gasteiger partial charge is 0.126 e. The summed E-state index contributed by atoms with van der Waals surface area (Å²) >= 11 is 0. The van der Waals surface area contributed by atoms with Gasteiger partial charge in [0.2, 0.25) is 0 Å². The third-order valence-corrected chi connectivity index (χ3v) is 3.33. The molecule has 0 aliphatic rings. The van der Waals surface area contributed by atoms with Crippen molar-refractivity contribution in [3.63, 3.8) is 0 Å². The Bertz CT molecular complexity index is 564. The van der Waals surface area contributed by atoms with Crippen molar-refractivity contribution < 1.29 is 8.78 Å². The van der Waals surface area contributed by atoms with Crippen LogP contribution in [0.4, 0.5) is 8.78 Å². The van der Waals surface area contributed by atoms with Crippen molar-refractivity contribution in [2.45, 2.75) is 32.9 Å². The molecule has 0 saturated carbocycles. The van der Waals surface area contributed by atoms with E-state index < -0.39 is 11.6 Å². The molecule has 0 amide bonds. The van der Waals surface area contributed by atoms with Crippen LogP contribution in [0.2, 0.25) is 0 Å². The van der Waals surface area contributed by atoms with E-state index in [0.717, 1.165) is 18.2 Å². The molecule has 0 aliphatic heterocycles. The first-order valence-electron chi connectivity index (χ1n) is 6.72. The second-order valence-corrected chi connectivity index (χ2v) is 4.77. The molecule has 2 aromatic rings. The third kappa shape index (κ3) is 3.61. The Balaban J connectivity index is 2.06. The molecule has 0 saturated heterocycles. The summed E-state index contributed by atoms with van der Waals surface area (Å²) in [5.41, 5.74) is 2.74. The molecular weight excluding hydrogens is 258 g/mol. The summed E-state index contributed by atoms with van der Waals surface area (Å²) in [5.74, 6) is -1.11. The first kappa shape index (κ1) is 14.6. The Morgan fingerprint density at radius 3 is 2.55 bits per heavy atom. The number of benzene rings is 1. The zero-order valence-electron chi connectivity index (χ0n) is 11.7. The van der Waals surface area contributed by atoms with Gasteiger partial charge in [-0.15, -0.1) is 0 Å². The average Bonchev–Trinajstić information content (AvgIpc) is 2.44. The predicted octanol–water partition coefficient (Wildman–Crippen LogP) is 3.77. The topological polar surface area (TPSA) is 24.9 Å². The van der Waals surface area contributed by atoms with Gasteiger partial charge in [-0.05, 0) is 42.7 Å². The molecular formula is C16H18F2N2. The molecule has 1 unspecified atom stereocenters. The first-order chi connectivity index (χ1) is 9.60. The Kier molecular flexibility index (Phi) is 4.79. The van der Waals surface area contributed by atoms with Crippen molar-refractivity contribution in [3.05, 3.63) is 65.0 Å². The van der Waals surface area contributed by atoms with Gasteiger partial charge in [-0.2, -0.15) is 0 Å². The van der Waals surface area contributed by atoms with Crippen molar-refractivity contribution >= 4 is 0 Å². The van der Waals surface area contributed by atoms with Crippen LogP contribution in [0.1, 0.15) is 36.7 Å². The first-order valence-corrected chi connectivity index (χ1v) is 6.72. The summed E-state index contributed by atoms with van der Waals surface area (Å²) in [6.45, 7) is 4.53. The summed E-state index contributed by atoms with van der Waals surface area (Å²) in [5, 5.41) is 3.25. The quantitative estimate of drug-likeness (QED) is 0.899. The number of nitrogens with one attached hydrogen (secondary N) is 1. The van der Waals surface area contributed by atoms with Crippen LogP contribution in [0.15, 0.2) is 36.5 Å². The number of hydrogen-bond donors (Lipinski definition) is 1. The Labute approximate surface area is 117 Å². The fourth-order valence-electron chi connectivity index (χ4n) is 2.15. The molecule has 0 aliphatic carbocycles. The molecule has 0 bridgehead atoms. The van der Waals surface area contributed by atoms with Gasteiger partial charge in [0.25, 0.3) is 0 Å². The highest BCUT2D eigenvalue weighted by molar-refractivity contribution is 5.22. The lowest BCUT2D eigenvalue weighted by Crippen LogP contribution is -2.20. The maximum Gasteiger partial charge on any atom is 0.126 e. The Hall–Kier alpha value is -1.81. The van der Waals surface area contributed by atoms with E-state index in [0.29, 0.717) is 12.1 Å². The molecule has 1 aromatic heterocycles. The highest BCUT2D eigenvalue weighted by Crippen LogP contribution is 2.17. The summed E-state index contributed by atoms with van der Waals surface area (Å²) < 4.78 is 26.4. The molecule has 106 valence electrons. The van der Waals surface area contributed by atoms with Crippen LogP contribution in [0.25, 0.3) is 0 Å². The fourth-order valence-corrected chi connectivity index (χ4v) is 2.15. The van der Waals surface area contributed by atoms with Crippen molar-refractivity contribution in [3.8, 4) is 0 Å². The molecule has 2 nitrogen and oxygen atoms in total. The zero-order chi connectivity index (χ0) is 14.5. The van der Waals surface area contributed by atoms with Gasteiger partial charge >= 0.3 is 0 Å². The van der Waals surface area contributed by atoms with E-state index in [-0.39, 0.29) is 6.04 Å². The van der Waals surface area contributed by atoms with Crippen LogP contribution in [-0.2, 0) is 13.0 Å². The Morgan fingerprint density at radius 1 is 1.20 bits per heavy atom. The lowest BCUT2D eigenvalue weighted by molar-refractivity contribution is 0.541. The van der Waals surface area contributed by atoms with E-state index >= 15 is 0 Å². The molecule has 2 rings (SSSR count). The molecule has 1 N–H and O–H groups in total. The molecule has 20 heavy (non-hydrogen) atoms. The highest BCUT2D eigenvalue weighted by atomic mass is 19.1. The largest absolute Gasteiger partial charge is 0.305 e. The zero-order valence-corrected chi connectivity index (χ0v) is 11.7. The fraction of sp³-hybridized carbons (Fsp3) is 0.312. The van der Waals surface area contributed by atoms with E-state index in [1.165, 1.54) is 17.7 Å². The standard InChI is InChI=1S/C16H18F2N2/c1-3-12-5-4-6-19-16(12)10-20-11(2)13-7-14(17)9-15(18)8-13/h4-9,11,20H,3,10H2,1-2H3. The highest BCUT2D eigenvalue weighted by Gasteiger charge is 2.09. The number of aromatic nitrogens is 1. The minimum absolute atomic E-state index is 0.146. The summed E-state index contributed by atoms with van der Waals surface area (Å²) in [6.07, 6.45) is 2.66. The minimum Gasteiger partial charge on any atom is -0.305 e. The lowest BCUT2D eigenvalue weighted by atomic mass is 10.1. The van der Waals surface area contributed by atoms with E-state index in [1.54, 1.807) is 6.20 Å². The second kappa shape index (κ2) is 6.57. The number of aryl methyl sites for hydroxylation is 1. The normalized spacial score (nSPS) is 12.4. The van der Waals surface area contributed by atoms with Gasteiger partial charge in [0.1, 0.15) is 11.6 Å². The number of halogens is 2. The van der Waals surface area contributed by atoms with E-state index in [4.69, 9.17) is 0 Å². The van der Waals surface area contributed by atoms with Crippen molar-refractivity contribution in [2.75, 3.05) is 0 Å². The van der Waals surface area contributed by atoms with Crippen LogP contribution in [-0.4, -0.2) is 4.98 Å². The maximum atomic E-state index is 13.2. The van der Waals surface area contributed by atoms with Crippen LogP contribution in [0.5, 0.6) is 0 Å². The molecule has 4 heteroatoms. The van der Waals surface area contributed by atoms with Crippen LogP contribution in [0, 0.1) is 11.6 Å². The van der Waals surface area contributed by atoms with E-state index in [2.05, 4.69) is 17.2 Å².